The number of benzene rings is 1. The van der Waals surface area contributed by atoms with Gasteiger partial charge in [-0.15, -0.1) is 11.3 Å². The topological polar surface area (TPSA) is 119 Å². The first-order valence-electron chi connectivity index (χ1n) is 8.32. The second-order valence-corrected chi connectivity index (χ2v) is 7.83. The number of hydrogen-bond donors (Lipinski definition) is 3. The van der Waals surface area contributed by atoms with Gasteiger partial charge < -0.3 is 20.5 Å². The minimum atomic E-state index is -0.332. The molecule has 10 heteroatoms. The lowest BCUT2D eigenvalue weighted by Gasteiger charge is -2.32. The number of morpholine rings is 1. The molecule has 0 aliphatic carbocycles. The number of rotatable bonds is 5. The molecule has 1 fully saturated rings. The number of ether oxygens (including phenoxy) is 1. The highest BCUT2D eigenvalue weighted by molar-refractivity contribution is 7.19. The third kappa shape index (κ3) is 3.99. The van der Waals surface area contributed by atoms with E-state index in [4.69, 9.17) is 39.1 Å². The number of nitrogens with zero attached hydrogens (tertiary/aromatic N) is 3. The summed E-state index contributed by atoms with van der Waals surface area (Å²) in [5, 5.41) is 28.2. The van der Waals surface area contributed by atoms with E-state index in [9.17, 15) is 10.4 Å². The SMILES string of the molecule is N#Cc1c(N2CCOC(CO)C2)sc(C(N)=NC=N)c1-c1ccc(Cl)cc1Cl. The van der Waals surface area contributed by atoms with Crippen LogP contribution < -0.4 is 10.6 Å². The standard InChI is InChI=1S/C18H17Cl2N5O2S/c19-10-1-2-12(14(20)5-10)15-13(6-21)18(28-16(15)17(23)24-9-22)25-3-4-27-11(7-25)8-26/h1-2,5,9,11,26H,3-4,7-8H2,(H3,22,23,24). The van der Waals surface area contributed by atoms with Crippen molar-refractivity contribution in [3.05, 3.63) is 38.7 Å². The average Bonchev–Trinajstić information content (AvgIpc) is 3.07. The van der Waals surface area contributed by atoms with Crippen molar-refractivity contribution in [2.75, 3.05) is 31.2 Å². The van der Waals surface area contributed by atoms with E-state index in [0.717, 1.165) is 6.34 Å². The van der Waals surface area contributed by atoms with Crippen LogP contribution in [0.2, 0.25) is 10.0 Å². The van der Waals surface area contributed by atoms with E-state index in [1.807, 2.05) is 4.90 Å². The molecule has 0 spiro atoms. The molecule has 0 saturated carbocycles. The predicted octanol–water partition coefficient (Wildman–Crippen LogP) is 3.10. The highest BCUT2D eigenvalue weighted by Crippen LogP contribution is 2.44. The van der Waals surface area contributed by atoms with Crippen LogP contribution in [0.15, 0.2) is 23.2 Å². The van der Waals surface area contributed by atoms with Gasteiger partial charge in [0.1, 0.15) is 23.2 Å². The maximum absolute atomic E-state index is 9.94. The summed E-state index contributed by atoms with van der Waals surface area (Å²) in [5.74, 6) is 0.121. The molecule has 3 rings (SSSR count). The number of nitrogens with two attached hydrogens (primary N) is 1. The normalized spacial score (nSPS) is 17.4. The fourth-order valence-electron chi connectivity index (χ4n) is 3.02. The van der Waals surface area contributed by atoms with Crippen molar-refractivity contribution < 1.29 is 9.84 Å². The molecule has 1 aliphatic rings. The van der Waals surface area contributed by atoms with Crippen molar-refractivity contribution in [1.82, 2.24) is 0 Å². The number of nitrogens with one attached hydrogen (secondary N) is 1. The minimum absolute atomic E-state index is 0.107. The number of aliphatic imine (C=N–C) groups is 1. The van der Waals surface area contributed by atoms with Gasteiger partial charge in [0.15, 0.2) is 0 Å². The first-order valence-corrected chi connectivity index (χ1v) is 9.89. The van der Waals surface area contributed by atoms with Crippen molar-refractivity contribution in [3.8, 4) is 17.2 Å². The van der Waals surface area contributed by atoms with Crippen molar-refractivity contribution in [2.24, 2.45) is 10.7 Å². The summed E-state index contributed by atoms with van der Waals surface area (Å²) in [6.07, 6.45) is 0.519. The lowest BCUT2D eigenvalue weighted by atomic mass is 10.0. The smallest absolute Gasteiger partial charge is 0.143 e. The number of aliphatic hydroxyl groups is 1. The molecule has 2 heterocycles. The van der Waals surface area contributed by atoms with Crippen LogP contribution in [0.3, 0.4) is 0 Å². The Morgan fingerprint density at radius 2 is 2.32 bits per heavy atom. The summed E-state index contributed by atoms with van der Waals surface area (Å²) in [5.41, 5.74) is 7.66. The van der Waals surface area contributed by atoms with Gasteiger partial charge in [0.25, 0.3) is 0 Å². The third-order valence-corrected chi connectivity index (χ3v) is 6.09. The summed E-state index contributed by atoms with van der Waals surface area (Å²) in [4.78, 5) is 6.41. The largest absolute Gasteiger partial charge is 0.394 e. The second-order valence-electron chi connectivity index (χ2n) is 5.99. The van der Waals surface area contributed by atoms with E-state index >= 15 is 0 Å². The van der Waals surface area contributed by atoms with Gasteiger partial charge in [-0.1, -0.05) is 29.3 Å². The minimum Gasteiger partial charge on any atom is -0.394 e. The van der Waals surface area contributed by atoms with E-state index in [-0.39, 0.29) is 18.5 Å². The molecule has 4 N–H and O–H groups in total. The van der Waals surface area contributed by atoms with Gasteiger partial charge >= 0.3 is 0 Å². The van der Waals surface area contributed by atoms with Crippen molar-refractivity contribution >= 4 is 51.7 Å². The van der Waals surface area contributed by atoms with E-state index < -0.39 is 0 Å². The molecule has 28 heavy (non-hydrogen) atoms. The summed E-state index contributed by atoms with van der Waals surface area (Å²) < 4.78 is 5.51. The van der Waals surface area contributed by atoms with Gasteiger partial charge in [0.2, 0.25) is 0 Å². The van der Waals surface area contributed by atoms with Gasteiger partial charge in [-0.2, -0.15) is 5.26 Å². The maximum Gasteiger partial charge on any atom is 0.143 e. The van der Waals surface area contributed by atoms with E-state index in [1.165, 1.54) is 11.3 Å². The molecule has 1 unspecified atom stereocenters. The lowest BCUT2D eigenvalue weighted by Crippen LogP contribution is -2.44. The van der Waals surface area contributed by atoms with Gasteiger partial charge in [-0.3, -0.25) is 5.41 Å². The highest BCUT2D eigenvalue weighted by Gasteiger charge is 2.29. The molecule has 146 valence electrons. The van der Waals surface area contributed by atoms with E-state index in [2.05, 4.69) is 11.1 Å². The number of amidine groups is 1. The molecule has 1 saturated heterocycles. The Morgan fingerprint density at radius 3 is 2.96 bits per heavy atom. The molecule has 1 aliphatic heterocycles. The Morgan fingerprint density at radius 1 is 1.54 bits per heavy atom. The van der Waals surface area contributed by atoms with Crippen LogP contribution in [-0.2, 0) is 4.74 Å². The number of nitriles is 1. The van der Waals surface area contributed by atoms with Crippen LogP contribution in [0.4, 0.5) is 5.00 Å². The van der Waals surface area contributed by atoms with Crippen LogP contribution in [0.1, 0.15) is 10.4 Å². The van der Waals surface area contributed by atoms with Crippen molar-refractivity contribution in [3.63, 3.8) is 0 Å². The molecular weight excluding hydrogens is 421 g/mol. The van der Waals surface area contributed by atoms with Crippen molar-refractivity contribution in [2.45, 2.75) is 6.10 Å². The third-order valence-electron chi connectivity index (χ3n) is 4.27. The molecular formula is C18H17Cl2N5O2S. The average molecular weight is 438 g/mol. The Hall–Kier alpha value is -2.15. The molecule has 1 aromatic carbocycles. The van der Waals surface area contributed by atoms with E-state index in [1.54, 1.807) is 18.2 Å². The number of hydrogen-bond acceptors (Lipinski definition) is 6. The number of anilines is 1. The first-order chi connectivity index (χ1) is 13.5. The quantitative estimate of drug-likeness (QED) is 0.490. The predicted molar refractivity (Wildman–Crippen MR) is 113 cm³/mol. The van der Waals surface area contributed by atoms with Crippen LogP contribution >= 0.6 is 34.5 Å². The molecule has 1 aromatic heterocycles. The number of halogens is 2. The molecule has 0 bridgehead atoms. The first kappa shape index (κ1) is 20.6. The molecule has 7 nitrogen and oxygen atoms in total. The molecule has 1 atom stereocenters. The monoisotopic (exact) mass is 437 g/mol. The molecule has 0 radical (unpaired) electrons. The van der Waals surface area contributed by atoms with Gasteiger partial charge in [-0.05, 0) is 12.1 Å². The number of thiophene rings is 1. The lowest BCUT2D eigenvalue weighted by molar-refractivity contribution is 0.00373. The van der Waals surface area contributed by atoms with Gasteiger partial charge in [0.05, 0.1) is 29.8 Å². The summed E-state index contributed by atoms with van der Waals surface area (Å²) in [6, 6.07) is 7.27. The van der Waals surface area contributed by atoms with Crippen molar-refractivity contribution in [1.29, 1.82) is 10.7 Å². The fourth-order valence-corrected chi connectivity index (χ4v) is 4.73. The van der Waals surface area contributed by atoms with E-state index in [0.29, 0.717) is 56.3 Å². The summed E-state index contributed by atoms with van der Waals surface area (Å²) in [7, 11) is 0. The van der Waals surface area contributed by atoms with Gasteiger partial charge in [-0.25, -0.2) is 4.99 Å². The zero-order valence-electron chi connectivity index (χ0n) is 14.7. The Bertz CT molecular complexity index is 970. The zero-order valence-corrected chi connectivity index (χ0v) is 17.0. The Labute approximate surface area is 176 Å². The zero-order chi connectivity index (χ0) is 20.3. The summed E-state index contributed by atoms with van der Waals surface area (Å²) in [6.45, 7) is 1.34. The van der Waals surface area contributed by atoms with Crippen LogP contribution in [0.5, 0.6) is 0 Å². The van der Waals surface area contributed by atoms with Crippen LogP contribution in [-0.4, -0.2) is 49.7 Å². The fraction of sp³-hybridized carbons (Fsp3) is 0.278. The molecule has 0 amide bonds. The number of aliphatic hydroxyl groups excluding tert-OH is 1. The van der Waals surface area contributed by atoms with Gasteiger partial charge in [0, 0.05) is 34.3 Å². The Balaban J connectivity index is 2.22. The maximum atomic E-state index is 9.94. The molecule has 2 aromatic rings. The Kier molecular flexibility index (Phi) is 6.54. The van der Waals surface area contributed by atoms with Crippen LogP contribution in [0.25, 0.3) is 11.1 Å². The summed E-state index contributed by atoms with van der Waals surface area (Å²) >= 11 is 13.7. The highest BCUT2D eigenvalue weighted by atomic mass is 35.5. The van der Waals surface area contributed by atoms with Crippen LogP contribution in [0, 0.1) is 16.7 Å². The second kappa shape index (κ2) is 8.90.